The normalized spacial score (nSPS) is 13.9. The summed E-state index contributed by atoms with van der Waals surface area (Å²) in [6, 6.07) is 8.69. The molecule has 4 heteroatoms. The zero-order valence-electron chi connectivity index (χ0n) is 11.4. The molecule has 2 aromatic rings. The Morgan fingerprint density at radius 2 is 2.11 bits per heavy atom. The molecule has 2 heterocycles. The van der Waals surface area contributed by atoms with Gasteiger partial charge in [-0.2, -0.15) is 5.10 Å². The summed E-state index contributed by atoms with van der Waals surface area (Å²) < 4.78 is 3.25. The Morgan fingerprint density at radius 3 is 2.89 bits per heavy atom. The largest absolute Gasteiger partial charge is 0.365 e. The number of benzene rings is 1. The highest BCUT2D eigenvalue weighted by molar-refractivity contribution is 9.10. The zero-order valence-corrected chi connectivity index (χ0v) is 12.9. The molecule has 0 fully saturated rings. The number of para-hydroxylation sites is 1. The molecule has 0 bridgehead atoms. The number of nitrogens with zero attached hydrogens (tertiary/aromatic N) is 3. The summed E-state index contributed by atoms with van der Waals surface area (Å²) in [5.41, 5.74) is 5.18. The molecule has 1 aromatic heterocycles. The van der Waals surface area contributed by atoms with Gasteiger partial charge in [0.25, 0.3) is 0 Å². The topological polar surface area (TPSA) is 21.1 Å². The van der Waals surface area contributed by atoms with Crippen LogP contribution in [0.4, 0.5) is 5.69 Å². The third kappa shape index (κ3) is 2.18. The van der Waals surface area contributed by atoms with E-state index < -0.39 is 0 Å². The van der Waals surface area contributed by atoms with Crippen molar-refractivity contribution in [2.24, 2.45) is 0 Å². The Hall–Kier alpha value is -1.29. The fourth-order valence-corrected chi connectivity index (χ4v) is 3.18. The van der Waals surface area contributed by atoms with Gasteiger partial charge in [-0.3, -0.25) is 4.68 Å². The monoisotopic (exact) mass is 319 g/mol. The van der Waals surface area contributed by atoms with E-state index in [0.717, 1.165) is 36.2 Å². The van der Waals surface area contributed by atoms with Crippen LogP contribution >= 0.6 is 15.9 Å². The molecule has 0 spiro atoms. The summed E-state index contributed by atoms with van der Waals surface area (Å²) >= 11 is 3.68. The van der Waals surface area contributed by atoms with Crippen molar-refractivity contribution in [2.75, 3.05) is 11.4 Å². The molecule has 0 saturated heterocycles. The van der Waals surface area contributed by atoms with Gasteiger partial charge in [0.1, 0.15) is 0 Å². The van der Waals surface area contributed by atoms with Gasteiger partial charge in [0, 0.05) is 18.8 Å². The van der Waals surface area contributed by atoms with Gasteiger partial charge < -0.3 is 4.90 Å². The first-order valence-electron chi connectivity index (χ1n) is 6.75. The summed E-state index contributed by atoms with van der Waals surface area (Å²) in [5, 5.41) is 4.57. The lowest BCUT2D eigenvalue weighted by molar-refractivity contribution is 0.608. The Kier molecular flexibility index (Phi) is 3.35. The van der Waals surface area contributed by atoms with Crippen molar-refractivity contribution in [1.29, 1.82) is 0 Å². The second kappa shape index (κ2) is 5.00. The van der Waals surface area contributed by atoms with E-state index in [2.05, 4.69) is 68.7 Å². The van der Waals surface area contributed by atoms with E-state index in [1.165, 1.54) is 16.9 Å². The molecule has 0 saturated carbocycles. The van der Waals surface area contributed by atoms with E-state index in [1.54, 1.807) is 0 Å². The molecule has 3 nitrogen and oxygen atoms in total. The third-order valence-electron chi connectivity index (χ3n) is 3.78. The molecule has 1 aliphatic heterocycles. The molecule has 0 atom stereocenters. The molecule has 0 aliphatic carbocycles. The number of aromatic nitrogens is 2. The van der Waals surface area contributed by atoms with Gasteiger partial charge >= 0.3 is 0 Å². The van der Waals surface area contributed by atoms with Gasteiger partial charge in [0.05, 0.1) is 22.4 Å². The molecule has 0 N–H and O–H groups in total. The SMILES string of the molecule is CCn1nc(C)c(Br)c1CN1CCc2ccccc21. The standard InChI is InChI=1S/C15H18BrN3/c1-3-19-14(15(16)11(2)17-19)10-18-9-8-12-6-4-5-7-13(12)18/h4-7H,3,8-10H2,1-2H3. The fraction of sp³-hybridized carbons (Fsp3) is 0.400. The van der Waals surface area contributed by atoms with Crippen LogP contribution in [0.2, 0.25) is 0 Å². The summed E-state index contributed by atoms with van der Waals surface area (Å²) in [6.45, 7) is 7.13. The quantitative estimate of drug-likeness (QED) is 0.862. The first-order chi connectivity index (χ1) is 9.20. The van der Waals surface area contributed by atoms with Crippen LogP contribution in [0.1, 0.15) is 23.9 Å². The van der Waals surface area contributed by atoms with E-state index >= 15 is 0 Å². The average molecular weight is 320 g/mol. The minimum absolute atomic E-state index is 0.914. The number of hydrogen-bond acceptors (Lipinski definition) is 2. The number of fused-ring (bicyclic) bond motifs is 1. The van der Waals surface area contributed by atoms with Gasteiger partial charge in [0.2, 0.25) is 0 Å². The lowest BCUT2D eigenvalue weighted by atomic mass is 10.2. The number of anilines is 1. The average Bonchev–Trinajstić information content (AvgIpc) is 2.95. The van der Waals surface area contributed by atoms with Crippen molar-refractivity contribution in [2.45, 2.75) is 33.4 Å². The van der Waals surface area contributed by atoms with Gasteiger partial charge in [-0.1, -0.05) is 18.2 Å². The molecular formula is C15H18BrN3. The molecular weight excluding hydrogens is 302 g/mol. The second-order valence-electron chi connectivity index (χ2n) is 4.96. The van der Waals surface area contributed by atoms with Crippen molar-refractivity contribution >= 4 is 21.6 Å². The molecule has 1 aliphatic rings. The molecule has 100 valence electrons. The predicted octanol–water partition coefficient (Wildman–Crippen LogP) is 3.54. The third-order valence-corrected chi connectivity index (χ3v) is 4.81. The van der Waals surface area contributed by atoms with Crippen LogP contribution < -0.4 is 4.90 Å². The van der Waals surface area contributed by atoms with Gasteiger partial charge in [0.15, 0.2) is 0 Å². The smallest absolute Gasteiger partial charge is 0.0739 e. The summed E-state index contributed by atoms with van der Waals surface area (Å²) in [6.07, 6.45) is 1.15. The van der Waals surface area contributed by atoms with Crippen molar-refractivity contribution in [3.8, 4) is 0 Å². The maximum Gasteiger partial charge on any atom is 0.0739 e. The van der Waals surface area contributed by atoms with Crippen molar-refractivity contribution in [3.63, 3.8) is 0 Å². The van der Waals surface area contributed by atoms with Crippen molar-refractivity contribution < 1.29 is 0 Å². The Morgan fingerprint density at radius 1 is 1.32 bits per heavy atom. The minimum Gasteiger partial charge on any atom is -0.365 e. The van der Waals surface area contributed by atoms with E-state index in [0.29, 0.717) is 0 Å². The van der Waals surface area contributed by atoms with Gasteiger partial charge in [-0.25, -0.2) is 0 Å². The predicted molar refractivity (Wildman–Crippen MR) is 81.5 cm³/mol. The van der Waals surface area contributed by atoms with E-state index in [-0.39, 0.29) is 0 Å². The van der Waals surface area contributed by atoms with Crippen molar-refractivity contribution in [3.05, 3.63) is 45.7 Å². The van der Waals surface area contributed by atoms with Crippen LogP contribution in [0, 0.1) is 6.92 Å². The Bertz CT molecular complexity index is 603. The maximum atomic E-state index is 4.57. The highest BCUT2D eigenvalue weighted by Crippen LogP contribution is 2.31. The molecule has 0 radical (unpaired) electrons. The van der Waals surface area contributed by atoms with Gasteiger partial charge in [-0.15, -0.1) is 0 Å². The molecule has 1 aromatic carbocycles. The van der Waals surface area contributed by atoms with Crippen molar-refractivity contribution in [1.82, 2.24) is 9.78 Å². The highest BCUT2D eigenvalue weighted by atomic mass is 79.9. The van der Waals surface area contributed by atoms with Crippen LogP contribution in [-0.4, -0.2) is 16.3 Å². The van der Waals surface area contributed by atoms with Crippen LogP contribution in [-0.2, 0) is 19.5 Å². The van der Waals surface area contributed by atoms with Crippen LogP contribution in [0.25, 0.3) is 0 Å². The molecule has 0 amide bonds. The van der Waals surface area contributed by atoms with Crippen LogP contribution in [0.5, 0.6) is 0 Å². The fourth-order valence-electron chi connectivity index (χ4n) is 2.77. The minimum atomic E-state index is 0.914. The van der Waals surface area contributed by atoms with Gasteiger partial charge in [-0.05, 0) is 47.8 Å². The lowest BCUT2D eigenvalue weighted by Gasteiger charge is -2.20. The highest BCUT2D eigenvalue weighted by Gasteiger charge is 2.21. The second-order valence-corrected chi connectivity index (χ2v) is 5.76. The number of hydrogen-bond donors (Lipinski definition) is 0. The zero-order chi connectivity index (χ0) is 13.4. The van der Waals surface area contributed by atoms with E-state index in [9.17, 15) is 0 Å². The summed E-state index contributed by atoms with van der Waals surface area (Å²) in [4.78, 5) is 2.45. The first kappa shape index (κ1) is 12.7. The number of aryl methyl sites for hydroxylation is 2. The van der Waals surface area contributed by atoms with E-state index in [4.69, 9.17) is 0 Å². The van der Waals surface area contributed by atoms with E-state index in [1.807, 2.05) is 0 Å². The first-order valence-corrected chi connectivity index (χ1v) is 7.54. The number of halogens is 1. The van der Waals surface area contributed by atoms with Crippen LogP contribution in [0.15, 0.2) is 28.7 Å². The van der Waals surface area contributed by atoms with Crippen LogP contribution in [0.3, 0.4) is 0 Å². The maximum absolute atomic E-state index is 4.57. The number of rotatable bonds is 3. The molecule has 3 rings (SSSR count). The summed E-state index contributed by atoms with van der Waals surface area (Å²) in [7, 11) is 0. The molecule has 19 heavy (non-hydrogen) atoms. The molecule has 0 unspecified atom stereocenters. The lowest BCUT2D eigenvalue weighted by Crippen LogP contribution is -2.22. The summed E-state index contributed by atoms with van der Waals surface area (Å²) in [5.74, 6) is 0. The Labute approximate surface area is 122 Å². The Balaban J connectivity index is 1.91.